The van der Waals surface area contributed by atoms with Crippen molar-refractivity contribution in [3.8, 4) is 0 Å². The maximum absolute atomic E-state index is 13.4. The molecule has 23 heavy (non-hydrogen) atoms. The number of benzene rings is 1. The largest absolute Gasteiger partial charge is 0.347 e. The van der Waals surface area contributed by atoms with Crippen molar-refractivity contribution < 1.29 is 18.8 Å². The maximum Gasteiger partial charge on any atom is 0.312 e. The van der Waals surface area contributed by atoms with Crippen LogP contribution in [0.15, 0.2) is 24.3 Å². The molecular formula is C16H20FN3O3. The average molecular weight is 321 g/mol. The molecule has 0 spiro atoms. The summed E-state index contributed by atoms with van der Waals surface area (Å²) in [7, 11) is 0. The molecule has 7 heteroatoms. The number of carbonyl (C=O) groups is 3. The molecule has 124 valence electrons. The lowest BCUT2D eigenvalue weighted by Crippen LogP contribution is -2.53. The van der Waals surface area contributed by atoms with Crippen molar-refractivity contribution in [2.45, 2.75) is 13.3 Å². The lowest BCUT2D eigenvalue weighted by atomic mass is 10.1. The fraction of sp³-hybridized carbons (Fsp3) is 0.438. The van der Waals surface area contributed by atoms with Gasteiger partial charge in [0.05, 0.1) is 0 Å². The van der Waals surface area contributed by atoms with Crippen molar-refractivity contribution in [3.63, 3.8) is 0 Å². The van der Waals surface area contributed by atoms with E-state index in [2.05, 4.69) is 5.32 Å². The van der Waals surface area contributed by atoms with Crippen LogP contribution in [-0.2, 0) is 20.8 Å². The van der Waals surface area contributed by atoms with Gasteiger partial charge in [0.15, 0.2) is 0 Å². The second-order valence-corrected chi connectivity index (χ2v) is 5.40. The van der Waals surface area contributed by atoms with E-state index >= 15 is 0 Å². The van der Waals surface area contributed by atoms with Crippen LogP contribution in [0.25, 0.3) is 0 Å². The SMILES string of the molecule is CC(=O)N1CCN(C(=O)C(=O)NCCc2ccccc2F)CC1. The van der Waals surface area contributed by atoms with E-state index in [0.717, 1.165) is 0 Å². The fourth-order valence-corrected chi connectivity index (χ4v) is 2.46. The molecule has 0 aromatic heterocycles. The number of hydrogen-bond donors (Lipinski definition) is 1. The summed E-state index contributed by atoms with van der Waals surface area (Å²) in [5.74, 6) is -1.67. The number of amides is 3. The fourth-order valence-electron chi connectivity index (χ4n) is 2.46. The van der Waals surface area contributed by atoms with Crippen molar-refractivity contribution >= 4 is 17.7 Å². The smallest absolute Gasteiger partial charge is 0.312 e. The summed E-state index contributed by atoms with van der Waals surface area (Å²) in [6.07, 6.45) is 0.323. The highest BCUT2D eigenvalue weighted by Crippen LogP contribution is 2.06. The van der Waals surface area contributed by atoms with Crippen molar-refractivity contribution in [1.82, 2.24) is 15.1 Å². The van der Waals surface area contributed by atoms with Crippen LogP contribution in [0.1, 0.15) is 12.5 Å². The number of rotatable bonds is 3. The molecule has 3 amide bonds. The van der Waals surface area contributed by atoms with Gasteiger partial charge < -0.3 is 15.1 Å². The van der Waals surface area contributed by atoms with E-state index < -0.39 is 11.8 Å². The van der Waals surface area contributed by atoms with E-state index in [1.165, 1.54) is 17.9 Å². The first-order valence-electron chi connectivity index (χ1n) is 7.55. The molecule has 0 atom stereocenters. The summed E-state index contributed by atoms with van der Waals surface area (Å²) in [6, 6.07) is 6.32. The van der Waals surface area contributed by atoms with Gasteiger partial charge in [-0.25, -0.2) is 4.39 Å². The molecule has 0 radical (unpaired) electrons. The van der Waals surface area contributed by atoms with Gasteiger partial charge in [-0.05, 0) is 18.1 Å². The number of nitrogens with one attached hydrogen (secondary N) is 1. The molecule has 1 aromatic rings. The molecule has 0 bridgehead atoms. The molecule has 1 heterocycles. The second kappa shape index (κ2) is 7.71. The predicted molar refractivity (Wildman–Crippen MR) is 81.9 cm³/mol. The standard InChI is InChI=1S/C16H20FN3O3/c1-12(21)19-8-10-20(11-9-19)16(23)15(22)18-7-6-13-4-2-3-5-14(13)17/h2-5H,6-11H2,1H3,(H,18,22). The van der Waals surface area contributed by atoms with Gasteiger partial charge in [-0.1, -0.05) is 18.2 Å². The van der Waals surface area contributed by atoms with Crippen molar-refractivity contribution in [2.75, 3.05) is 32.7 Å². The third-order valence-corrected chi connectivity index (χ3v) is 3.84. The zero-order valence-corrected chi connectivity index (χ0v) is 13.0. The van der Waals surface area contributed by atoms with Crippen LogP contribution in [0.5, 0.6) is 0 Å². The summed E-state index contributed by atoms with van der Waals surface area (Å²) in [5, 5.41) is 2.51. The van der Waals surface area contributed by atoms with Crippen LogP contribution < -0.4 is 5.32 Å². The van der Waals surface area contributed by atoms with Gasteiger partial charge in [-0.3, -0.25) is 14.4 Å². The Bertz CT molecular complexity index is 598. The normalized spacial score (nSPS) is 14.5. The third kappa shape index (κ3) is 4.51. The van der Waals surface area contributed by atoms with Crippen LogP contribution in [0, 0.1) is 5.82 Å². The van der Waals surface area contributed by atoms with Gasteiger partial charge in [0, 0.05) is 39.6 Å². The van der Waals surface area contributed by atoms with Gasteiger partial charge >= 0.3 is 11.8 Å². The van der Waals surface area contributed by atoms with Crippen molar-refractivity contribution in [2.24, 2.45) is 0 Å². The van der Waals surface area contributed by atoms with Gasteiger partial charge in [0.1, 0.15) is 5.82 Å². The first kappa shape index (κ1) is 16.9. The van der Waals surface area contributed by atoms with E-state index in [1.54, 1.807) is 23.1 Å². The molecule has 1 aromatic carbocycles. The lowest BCUT2D eigenvalue weighted by Gasteiger charge is -2.33. The molecule has 1 fully saturated rings. The summed E-state index contributed by atoms with van der Waals surface area (Å²) < 4.78 is 13.4. The second-order valence-electron chi connectivity index (χ2n) is 5.40. The van der Waals surface area contributed by atoms with Crippen molar-refractivity contribution in [3.05, 3.63) is 35.6 Å². The molecule has 1 N–H and O–H groups in total. The molecule has 1 aliphatic rings. The minimum Gasteiger partial charge on any atom is -0.347 e. The van der Waals surface area contributed by atoms with Gasteiger partial charge in [0.2, 0.25) is 5.91 Å². The van der Waals surface area contributed by atoms with Gasteiger partial charge in [-0.2, -0.15) is 0 Å². The summed E-state index contributed by atoms with van der Waals surface area (Å²) in [6.45, 7) is 3.23. The minimum atomic E-state index is -0.697. The highest BCUT2D eigenvalue weighted by molar-refractivity contribution is 6.35. The zero-order valence-electron chi connectivity index (χ0n) is 13.0. The Kier molecular flexibility index (Phi) is 5.67. The Balaban J connectivity index is 1.76. The van der Waals surface area contributed by atoms with Crippen molar-refractivity contribution in [1.29, 1.82) is 0 Å². The first-order chi connectivity index (χ1) is 11.0. The molecule has 0 unspecified atom stereocenters. The molecule has 1 saturated heterocycles. The summed E-state index contributed by atoms with van der Waals surface area (Å²) in [4.78, 5) is 38.2. The maximum atomic E-state index is 13.4. The number of piperazine rings is 1. The monoisotopic (exact) mass is 321 g/mol. The van der Waals surface area contributed by atoms with E-state index in [0.29, 0.717) is 38.2 Å². The Morgan fingerprint density at radius 3 is 2.30 bits per heavy atom. The Hall–Kier alpha value is -2.44. The highest BCUT2D eigenvalue weighted by Gasteiger charge is 2.26. The van der Waals surface area contributed by atoms with E-state index in [4.69, 9.17) is 0 Å². The molecule has 0 aliphatic carbocycles. The highest BCUT2D eigenvalue weighted by atomic mass is 19.1. The average Bonchev–Trinajstić information content (AvgIpc) is 2.56. The van der Waals surface area contributed by atoms with Crippen LogP contribution in [0.4, 0.5) is 4.39 Å². The number of hydrogen-bond acceptors (Lipinski definition) is 3. The van der Waals surface area contributed by atoms with Crippen LogP contribution in [-0.4, -0.2) is 60.2 Å². The van der Waals surface area contributed by atoms with Crippen LogP contribution in [0.3, 0.4) is 0 Å². The molecule has 6 nitrogen and oxygen atoms in total. The predicted octanol–water partition coefficient (Wildman–Crippen LogP) is 0.175. The summed E-state index contributed by atoms with van der Waals surface area (Å²) >= 11 is 0. The topological polar surface area (TPSA) is 69.7 Å². The van der Waals surface area contributed by atoms with Gasteiger partial charge in [0.25, 0.3) is 0 Å². The lowest BCUT2D eigenvalue weighted by molar-refractivity contribution is -0.148. The molecule has 2 rings (SSSR count). The van der Waals surface area contributed by atoms with E-state index in [9.17, 15) is 18.8 Å². The number of nitrogens with zero attached hydrogens (tertiary/aromatic N) is 2. The Morgan fingerprint density at radius 2 is 1.70 bits per heavy atom. The Labute approximate surface area is 134 Å². The number of carbonyl (C=O) groups excluding carboxylic acids is 3. The third-order valence-electron chi connectivity index (χ3n) is 3.84. The van der Waals surface area contributed by atoms with E-state index in [-0.39, 0.29) is 18.3 Å². The summed E-state index contributed by atoms with van der Waals surface area (Å²) in [5.41, 5.74) is 0.496. The minimum absolute atomic E-state index is 0.0357. The zero-order chi connectivity index (χ0) is 16.8. The molecule has 0 saturated carbocycles. The molecule has 1 aliphatic heterocycles. The van der Waals surface area contributed by atoms with Crippen LogP contribution >= 0.6 is 0 Å². The van der Waals surface area contributed by atoms with E-state index in [1.807, 2.05) is 0 Å². The quantitative estimate of drug-likeness (QED) is 0.807. The Morgan fingerprint density at radius 1 is 1.09 bits per heavy atom. The number of halogens is 1. The van der Waals surface area contributed by atoms with Gasteiger partial charge in [-0.15, -0.1) is 0 Å². The molecular weight excluding hydrogens is 301 g/mol. The van der Waals surface area contributed by atoms with Crippen LogP contribution in [0.2, 0.25) is 0 Å². The first-order valence-corrected chi connectivity index (χ1v) is 7.55.